The van der Waals surface area contributed by atoms with E-state index < -0.39 is 17.7 Å². The molecule has 3 aromatic rings. The fourth-order valence-corrected chi connectivity index (χ4v) is 4.66. The van der Waals surface area contributed by atoms with Crippen LogP contribution < -0.4 is 14.5 Å². The predicted octanol–water partition coefficient (Wildman–Crippen LogP) is 6.21. The van der Waals surface area contributed by atoms with E-state index >= 15 is 0 Å². The lowest BCUT2D eigenvalue weighted by molar-refractivity contribution is -0.132. The van der Waals surface area contributed by atoms with Crippen molar-refractivity contribution in [2.24, 2.45) is 0 Å². The smallest absolute Gasteiger partial charge is 0.300 e. The summed E-state index contributed by atoms with van der Waals surface area (Å²) >= 11 is 0. The van der Waals surface area contributed by atoms with Crippen LogP contribution in [0.3, 0.4) is 0 Å². The van der Waals surface area contributed by atoms with Crippen molar-refractivity contribution in [2.45, 2.75) is 39.7 Å². The molecule has 0 bridgehead atoms. The van der Waals surface area contributed by atoms with Gasteiger partial charge in [-0.05, 0) is 78.9 Å². The third-order valence-corrected chi connectivity index (χ3v) is 6.76. The van der Waals surface area contributed by atoms with Crippen molar-refractivity contribution in [2.75, 3.05) is 30.5 Å². The number of ether oxygens (including phenoxy) is 1. The predicted molar refractivity (Wildman–Crippen MR) is 148 cm³/mol. The number of aliphatic hydroxyl groups is 1. The maximum Gasteiger partial charge on any atom is 0.300 e. The number of nitrogens with zero attached hydrogens (tertiary/aromatic N) is 2. The van der Waals surface area contributed by atoms with Crippen LogP contribution in [0.1, 0.15) is 55.0 Å². The molecule has 1 aliphatic rings. The third-order valence-electron chi connectivity index (χ3n) is 6.76. The molecule has 4 rings (SSSR count). The third kappa shape index (κ3) is 4.96. The molecule has 1 N–H and O–H groups in total. The van der Waals surface area contributed by atoms with Gasteiger partial charge in [0.1, 0.15) is 11.5 Å². The van der Waals surface area contributed by atoms with Gasteiger partial charge < -0.3 is 14.7 Å². The Morgan fingerprint density at radius 2 is 1.65 bits per heavy atom. The summed E-state index contributed by atoms with van der Waals surface area (Å²) in [7, 11) is 3.88. The molecule has 0 aromatic heterocycles. The Labute approximate surface area is 218 Å². The standard InChI is InChI=1S/C31H34N2O4/c1-7-37-26-17-12-23(18-20(26)4)29(34)27-28(22-10-8-21(9-11-22)19(2)3)33(31(36)30(27)35)25-15-13-24(14-16-25)32(5)6/h8-19,28,34H,7H2,1-6H3/b29-27-. The zero-order chi connectivity index (χ0) is 26.9. The maximum atomic E-state index is 13.5. The lowest BCUT2D eigenvalue weighted by Crippen LogP contribution is -2.29. The van der Waals surface area contributed by atoms with Crippen LogP contribution in [-0.4, -0.2) is 37.5 Å². The number of amides is 1. The zero-order valence-electron chi connectivity index (χ0n) is 22.3. The molecule has 1 unspecified atom stereocenters. The number of carbonyl (C=O) groups is 2. The van der Waals surface area contributed by atoms with E-state index in [4.69, 9.17) is 4.74 Å². The van der Waals surface area contributed by atoms with E-state index in [1.54, 1.807) is 18.2 Å². The molecule has 1 saturated heterocycles. The second kappa shape index (κ2) is 10.5. The average Bonchev–Trinajstić information content (AvgIpc) is 3.15. The normalized spacial score (nSPS) is 16.9. The number of benzene rings is 3. The van der Waals surface area contributed by atoms with Crippen LogP contribution in [0.2, 0.25) is 0 Å². The van der Waals surface area contributed by atoms with Gasteiger partial charge in [0.25, 0.3) is 11.7 Å². The molecule has 1 heterocycles. The Bertz CT molecular complexity index is 1340. The lowest BCUT2D eigenvalue weighted by atomic mass is 9.92. The van der Waals surface area contributed by atoms with Crippen molar-refractivity contribution in [3.63, 3.8) is 0 Å². The van der Waals surface area contributed by atoms with Crippen LogP contribution in [-0.2, 0) is 9.59 Å². The highest BCUT2D eigenvalue weighted by Gasteiger charge is 2.47. The molecule has 192 valence electrons. The van der Waals surface area contributed by atoms with Gasteiger partial charge in [-0.3, -0.25) is 14.5 Å². The van der Waals surface area contributed by atoms with Crippen molar-refractivity contribution in [3.8, 4) is 5.75 Å². The van der Waals surface area contributed by atoms with E-state index in [2.05, 4.69) is 13.8 Å². The molecule has 1 aliphatic heterocycles. The van der Waals surface area contributed by atoms with Crippen LogP contribution in [0.15, 0.2) is 72.3 Å². The van der Waals surface area contributed by atoms with E-state index in [1.807, 2.05) is 81.4 Å². The van der Waals surface area contributed by atoms with Crippen LogP contribution in [0.4, 0.5) is 11.4 Å². The summed E-state index contributed by atoms with van der Waals surface area (Å²) < 4.78 is 5.63. The van der Waals surface area contributed by atoms with Crippen LogP contribution >= 0.6 is 0 Å². The Balaban J connectivity index is 1.88. The number of rotatable bonds is 7. The van der Waals surface area contributed by atoms with Gasteiger partial charge in [0.05, 0.1) is 18.2 Å². The summed E-state index contributed by atoms with van der Waals surface area (Å²) in [6.07, 6.45) is 0. The fourth-order valence-electron chi connectivity index (χ4n) is 4.66. The van der Waals surface area contributed by atoms with E-state index in [1.165, 1.54) is 4.90 Å². The first-order valence-electron chi connectivity index (χ1n) is 12.6. The Hall–Kier alpha value is -4.06. The van der Waals surface area contributed by atoms with Crippen LogP contribution in [0.5, 0.6) is 5.75 Å². The molecule has 0 aliphatic carbocycles. The first-order chi connectivity index (χ1) is 17.6. The first kappa shape index (κ1) is 26.0. The number of aryl methyl sites for hydroxylation is 1. The van der Waals surface area contributed by atoms with E-state index in [0.29, 0.717) is 29.5 Å². The van der Waals surface area contributed by atoms with Gasteiger partial charge in [0, 0.05) is 31.0 Å². The average molecular weight is 499 g/mol. The summed E-state index contributed by atoms with van der Waals surface area (Å²) in [5.74, 6) is -0.527. The number of ketones is 1. The van der Waals surface area contributed by atoms with Gasteiger partial charge in [0.2, 0.25) is 0 Å². The zero-order valence-corrected chi connectivity index (χ0v) is 22.3. The molecule has 37 heavy (non-hydrogen) atoms. The molecule has 1 atom stereocenters. The minimum Gasteiger partial charge on any atom is -0.507 e. The van der Waals surface area contributed by atoms with Crippen molar-refractivity contribution in [3.05, 3.63) is 94.6 Å². The Morgan fingerprint density at radius 1 is 1.00 bits per heavy atom. The second-order valence-corrected chi connectivity index (χ2v) is 9.81. The number of carbonyl (C=O) groups excluding carboxylic acids is 2. The van der Waals surface area contributed by atoms with Crippen molar-refractivity contribution < 1.29 is 19.4 Å². The summed E-state index contributed by atoms with van der Waals surface area (Å²) in [6.45, 7) is 8.54. The number of Topliss-reactive ketones (excluding diaryl/α,β-unsaturated/α-hetero) is 1. The Kier molecular flexibility index (Phi) is 7.39. The highest BCUT2D eigenvalue weighted by molar-refractivity contribution is 6.51. The van der Waals surface area contributed by atoms with E-state index in [0.717, 1.165) is 22.4 Å². The SMILES string of the molecule is CCOc1ccc(/C(O)=C2/C(=O)C(=O)N(c3ccc(N(C)C)cc3)C2c2ccc(C(C)C)cc2)cc1C. The number of hydrogen-bond acceptors (Lipinski definition) is 5. The van der Waals surface area contributed by atoms with Crippen LogP contribution in [0, 0.1) is 6.92 Å². The lowest BCUT2D eigenvalue weighted by Gasteiger charge is -2.26. The summed E-state index contributed by atoms with van der Waals surface area (Å²) in [6, 6.07) is 19.9. The number of aliphatic hydroxyl groups excluding tert-OH is 1. The molecule has 0 radical (unpaired) electrons. The second-order valence-electron chi connectivity index (χ2n) is 9.81. The molecule has 6 heteroatoms. The quantitative estimate of drug-likeness (QED) is 0.238. The van der Waals surface area contributed by atoms with Crippen LogP contribution in [0.25, 0.3) is 5.76 Å². The summed E-state index contributed by atoms with van der Waals surface area (Å²) in [4.78, 5) is 30.3. The van der Waals surface area contributed by atoms with Gasteiger partial charge in [-0.15, -0.1) is 0 Å². The van der Waals surface area contributed by atoms with Gasteiger partial charge in [-0.25, -0.2) is 0 Å². The van der Waals surface area contributed by atoms with Crippen molar-refractivity contribution in [1.29, 1.82) is 0 Å². The van der Waals surface area contributed by atoms with E-state index in [-0.39, 0.29) is 11.3 Å². The molecule has 0 spiro atoms. The van der Waals surface area contributed by atoms with Gasteiger partial charge in [0.15, 0.2) is 0 Å². The molecule has 1 fully saturated rings. The monoisotopic (exact) mass is 498 g/mol. The first-order valence-corrected chi connectivity index (χ1v) is 12.6. The summed E-state index contributed by atoms with van der Waals surface area (Å²) in [5.41, 5.74) is 4.84. The minimum absolute atomic E-state index is 0.0718. The summed E-state index contributed by atoms with van der Waals surface area (Å²) in [5, 5.41) is 11.4. The van der Waals surface area contributed by atoms with Crippen molar-refractivity contribution >= 4 is 28.8 Å². The molecular formula is C31H34N2O4. The highest BCUT2D eigenvalue weighted by atomic mass is 16.5. The van der Waals surface area contributed by atoms with Crippen molar-refractivity contribution in [1.82, 2.24) is 0 Å². The molecule has 0 saturated carbocycles. The molecular weight excluding hydrogens is 464 g/mol. The Morgan fingerprint density at radius 3 is 2.19 bits per heavy atom. The largest absolute Gasteiger partial charge is 0.507 e. The topological polar surface area (TPSA) is 70.1 Å². The van der Waals surface area contributed by atoms with E-state index in [9.17, 15) is 14.7 Å². The number of anilines is 2. The minimum atomic E-state index is -0.765. The van der Waals surface area contributed by atoms with Gasteiger partial charge >= 0.3 is 0 Å². The van der Waals surface area contributed by atoms with Gasteiger partial charge in [-0.1, -0.05) is 38.1 Å². The maximum absolute atomic E-state index is 13.5. The molecule has 3 aromatic carbocycles. The number of hydrogen-bond donors (Lipinski definition) is 1. The molecule has 1 amide bonds. The molecule has 6 nitrogen and oxygen atoms in total. The highest BCUT2D eigenvalue weighted by Crippen LogP contribution is 2.43. The van der Waals surface area contributed by atoms with Gasteiger partial charge in [-0.2, -0.15) is 0 Å². The fraction of sp³-hybridized carbons (Fsp3) is 0.290.